The Kier molecular flexibility index (Phi) is 17.4. The van der Waals surface area contributed by atoms with E-state index in [4.69, 9.17) is 9.47 Å². The van der Waals surface area contributed by atoms with E-state index < -0.39 is 0 Å². The Morgan fingerprint density at radius 1 is 1.15 bits per heavy atom. The average Bonchev–Trinajstić information content (AvgIpc) is 2.59. The van der Waals surface area contributed by atoms with Crippen molar-refractivity contribution >= 4 is 43.1 Å². The van der Waals surface area contributed by atoms with Crippen molar-refractivity contribution in [3.8, 4) is 0 Å². The van der Waals surface area contributed by atoms with E-state index in [2.05, 4.69) is 29.0 Å². The van der Waals surface area contributed by atoms with E-state index in [0.717, 1.165) is 52.4 Å². The fraction of sp³-hybridized carbons (Fsp3) is 0.941. The van der Waals surface area contributed by atoms with Gasteiger partial charge in [0.15, 0.2) is 0 Å². The molecule has 0 bridgehead atoms. The molecule has 0 spiro atoms. The Morgan fingerprint density at radius 2 is 1.81 bits per heavy atom. The smallest absolute Gasteiger partial charge is 0.236 e. The number of rotatable bonds is 8. The molecule has 7 nitrogen and oxygen atoms in total. The Balaban J connectivity index is 0. The van der Waals surface area contributed by atoms with E-state index in [9.17, 15) is 4.79 Å². The number of ether oxygens (including phenoxy) is 2. The molecule has 1 N–H and O–H groups in total. The van der Waals surface area contributed by atoms with E-state index >= 15 is 0 Å². The SMILES string of the molecule is COCCNCC(=O)N1CCN(CC2CN(C(C)C)CCO2)CC1.Cl.Cl.Cl. The van der Waals surface area contributed by atoms with E-state index in [1.807, 2.05) is 4.90 Å². The van der Waals surface area contributed by atoms with Gasteiger partial charge in [-0.15, -0.1) is 37.2 Å². The first-order valence-electron chi connectivity index (χ1n) is 9.15. The minimum atomic E-state index is 0. The summed E-state index contributed by atoms with van der Waals surface area (Å²) >= 11 is 0. The minimum Gasteiger partial charge on any atom is -0.383 e. The molecular weight excluding hydrogens is 415 g/mol. The molecule has 0 aromatic carbocycles. The van der Waals surface area contributed by atoms with Gasteiger partial charge >= 0.3 is 0 Å². The predicted molar refractivity (Wildman–Crippen MR) is 116 cm³/mol. The minimum absolute atomic E-state index is 0. The molecule has 1 amide bonds. The summed E-state index contributed by atoms with van der Waals surface area (Å²) in [6.45, 7) is 13.6. The first-order chi connectivity index (χ1) is 11.6. The van der Waals surface area contributed by atoms with Crippen molar-refractivity contribution in [1.29, 1.82) is 0 Å². The summed E-state index contributed by atoms with van der Waals surface area (Å²) in [5, 5.41) is 3.12. The van der Waals surface area contributed by atoms with Gasteiger partial charge in [0.05, 0.1) is 25.9 Å². The molecule has 27 heavy (non-hydrogen) atoms. The van der Waals surface area contributed by atoms with Crippen molar-refractivity contribution in [1.82, 2.24) is 20.0 Å². The van der Waals surface area contributed by atoms with Crippen molar-refractivity contribution in [3.05, 3.63) is 0 Å². The molecule has 1 unspecified atom stereocenters. The number of carbonyl (C=O) groups is 1. The van der Waals surface area contributed by atoms with Gasteiger partial charge in [-0.05, 0) is 13.8 Å². The number of hydrogen-bond donors (Lipinski definition) is 1. The average molecular weight is 452 g/mol. The van der Waals surface area contributed by atoms with Crippen LogP contribution in [0, 0.1) is 0 Å². The molecule has 2 aliphatic rings. The second-order valence-corrected chi connectivity index (χ2v) is 6.93. The first-order valence-corrected chi connectivity index (χ1v) is 9.15. The molecule has 164 valence electrons. The van der Waals surface area contributed by atoms with Crippen molar-refractivity contribution < 1.29 is 14.3 Å². The van der Waals surface area contributed by atoms with E-state index in [-0.39, 0.29) is 43.1 Å². The number of nitrogens with one attached hydrogen (secondary N) is 1. The van der Waals surface area contributed by atoms with Crippen LogP contribution in [-0.2, 0) is 14.3 Å². The fourth-order valence-corrected chi connectivity index (χ4v) is 3.27. The Hall–Kier alpha value is 0.140. The van der Waals surface area contributed by atoms with Gasteiger partial charge in [-0.3, -0.25) is 14.6 Å². The highest BCUT2D eigenvalue weighted by atomic mass is 35.5. The fourth-order valence-electron chi connectivity index (χ4n) is 3.27. The molecule has 0 aliphatic carbocycles. The highest BCUT2D eigenvalue weighted by Crippen LogP contribution is 2.11. The third-order valence-electron chi connectivity index (χ3n) is 4.85. The van der Waals surface area contributed by atoms with Gasteiger partial charge < -0.3 is 19.7 Å². The monoisotopic (exact) mass is 450 g/mol. The maximum absolute atomic E-state index is 12.1. The number of nitrogens with zero attached hydrogens (tertiary/aromatic N) is 3. The van der Waals surface area contributed by atoms with Crippen LogP contribution < -0.4 is 5.32 Å². The Bertz CT molecular complexity index is 386. The van der Waals surface area contributed by atoms with Crippen LogP contribution in [0.15, 0.2) is 0 Å². The maximum atomic E-state index is 12.1. The summed E-state index contributed by atoms with van der Waals surface area (Å²) in [5.74, 6) is 0.186. The van der Waals surface area contributed by atoms with Gasteiger partial charge in [-0.25, -0.2) is 0 Å². The second kappa shape index (κ2) is 16.0. The normalized spacial score (nSPS) is 21.2. The highest BCUT2D eigenvalue weighted by molar-refractivity contribution is 5.86. The lowest BCUT2D eigenvalue weighted by Gasteiger charge is -2.40. The van der Waals surface area contributed by atoms with Crippen molar-refractivity contribution in [2.24, 2.45) is 0 Å². The van der Waals surface area contributed by atoms with Crippen LogP contribution >= 0.6 is 37.2 Å². The van der Waals surface area contributed by atoms with Crippen LogP contribution in [0.4, 0.5) is 0 Å². The van der Waals surface area contributed by atoms with Crippen LogP contribution in [0.25, 0.3) is 0 Å². The third kappa shape index (κ3) is 10.5. The van der Waals surface area contributed by atoms with Crippen molar-refractivity contribution in [2.45, 2.75) is 26.0 Å². The molecule has 2 aliphatic heterocycles. The van der Waals surface area contributed by atoms with Gasteiger partial charge in [0.1, 0.15) is 0 Å². The van der Waals surface area contributed by atoms with Crippen LogP contribution in [0.3, 0.4) is 0 Å². The number of piperazine rings is 1. The maximum Gasteiger partial charge on any atom is 0.236 e. The number of methoxy groups -OCH3 is 1. The second-order valence-electron chi connectivity index (χ2n) is 6.93. The largest absolute Gasteiger partial charge is 0.383 e. The Labute approximate surface area is 182 Å². The summed E-state index contributed by atoms with van der Waals surface area (Å²) in [6, 6.07) is 0.580. The van der Waals surface area contributed by atoms with Crippen LogP contribution in [-0.4, -0.2) is 112 Å². The van der Waals surface area contributed by atoms with Gasteiger partial charge in [0, 0.05) is 65.5 Å². The Morgan fingerprint density at radius 3 is 2.41 bits per heavy atom. The number of carbonyl (C=O) groups excluding carboxylic acids is 1. The lowest BCUT2D eigenvalue weighted by molar-refractivity contribution is -0.132. The molecule has 2 fully saturated rings. The van der Waals surface area contributed by atoms with Gasteiger partial charge in [0.25, 0.3) is 0 Å². The first kappa shape index (κ1) is 29.3. The molecular formula is C17H37Cl3N4O3. The van der Waals surface area contributed by atoms with Crippen molar-refractivity contribution in [3.63, 3.8) is 0 Å². The summed E-state index contributed by atoms with van der Waals surface area (Å²) in [6.07, 6.45) is 0.291. The molecule has 0 aromatic rings. The summed E-state index contributed by atoms with van der Waals surface area (Å²) in [7, 11) is 1.67. The van der Waals surface area contributed by atoms with Crippen LogP contribution in [0.2, 0.25) is 0 Å². The zero-order chi connectivity index (χ0) is 17.4. The summed E-state index contributed by atoms with van der Waals surface area (Å²) < 4.78 is 10.9. The topological polar surface area (TPSA) is 57.3 Å². The predicted octanol–water partition coefficient (Wildman–Crippen LogP) is 0.741. The van der Waals surface area contributed by atoms with Crippen LogP contribution in [0.1, 0.15) is 13.8 Å². The van der Waals surface area contributed by atoms with E-state index in [1.54, 1.807) is 7.11 Å². The van der Waals surface area contributed by atoms with Crippen LogP contribution in [0.5, 0.6) is 0 Å². The summed E-state index contributed by atoms with van der Waals surface area (Å²) in [4.78, 5) is 19.0. The summed E-state index contributed by atoms with van der Waals surface area (Å²) in [5.41, 5.74) is 0. The highest BCUT2D eigenvalue weighted by Gasteiger charge is 2.26. The zero-order valence-electron chi connectivity index (χ0n) is 16.7. The molecule has 2 heterocycles. The quantitative estimate of drug-likeness (QED) is 0.549. The molecule has 1 atom stereocenters. The molecule has 0 saturated carbocycles. The zero-order valence-corrected chi connectivity index (χ0v) is 19.2. The number of morpholine rings is 1. The number of amides is 1. The lowest BCUT2D eigenvalue weighted by atomic mass is 10.2. The van der Waals surface area contributed by atoms with Gasteiger partial charge in [-0.2, -0.15) is 0 Å². The molecule has 2 rings (SSSR count). The standard InChI is InChI=1S/C17H34N4O3.3ClH/c1-15(2)21-9-11-24-16(14-21)13-19-5-7-20(8-6-19)17(22)12-18-4-10-23-3;;;/h15-16,18H,4-14H2,1-3H3;3*1H. The van der Waals surface area contributed by atoms with E-state index in [0.29, 0.717) is 31.8 Å². The molecule has 0 radical (unpaired) electrons. The number of halogens is 3. The molecule has 0 aromatic heterocycles. The molecule has 2 saturated heterocycles. The van der Waals surface area contributed by atoms with Gasteiger partial charge in [0.2, 0.25) is 5.91 Å². The van der Waals surface area contributed by atoms with Gasteiger partial charge in [-0.1, -0.05) is 0 Å². The third-order valence-corrected chi connectivity index (χ3v) is 4.85. The molecule has 10 heteroatoms. The lowest BCUT2D eigenvalue weighted by Crippen LogP contribution is -2.55. The number of hydrogen-bond acceptors (Lipinski definition) is 6. The van der Waals surface area contributed by atoms with E-state index in [1.165, 1.54) is 0 Å². The van der Waals surface area contributed by atoms with Crippen molar-refractivity contribution in [2.75, 3.05) is 79.2 Å².